The van der Waals surface area contributed by atoms with Crippen LogP contribution in [0.1, 0.15) is 25.8 Å². The summed E-state index contributed by atoms with van der Waals surface area (Å²) in [5.74, 6) is 0. The van der Waals surface area contributed by atoms with Crippen molar-refractivity contribution in [3.8, 4) is 0 Å². The number of rotatable bonds is 0. The Kier molecular flexibility index (Phi) is 2.11. The smallest absolute Gasteiger partial charge is 0.0656 e. The molecule has 0 atom stereocenters. The Morgan fingerprint density at radius 2 is 2.14 bits per heavy atom. The average molecular weight is 211 g/mol. The largest absolute Gasteiger partial charge is 0.398 e. The molecule has 14 heavy (non-hydrogen) atoms. The molecule has 1 aromatic rings. The standard InChI is InChI=1S/C11H15ClN2/c1-11(2)4-3-7-5-9(13)8(12)6-10(7)14-11/h5-6,14H,3-4,13H2,1-2H3. The summed E-state index contributed by atoms with van der Waals surface area (Å²) in [6.45, 7) is 4.39. The van der Waals surface area contributed by atoms with Gasteiger partial charge in [0.15, 0.2) is 0 Å². The van der Waals surface area contributed by atoms with Gasteiger partial charge in [-0.2, -0.15) is 0 Å². The molecular formula is C11H15ClN2. The normalized spacial score (nSPS) is 18.5. The van der Waals surface area contributed by atoms with Crippen LogP contribution in [0, 0.1) is 0 Å². The molecule has 0 aromatic heterocycles. The predicted octanol–water partition coefficient (Wildman–Crippen LogP) is 3.06. The van der Waals surface area contributed by atoms with Crippen LogP contribution in [0.15, 0.2) is 12.1 Å². The van der Waals surface area contributed by atoms with Crippen LogP contribution >= 0.6 is 11.6 Å². The molecule has 0 unspecified atom stereocenters. The van der Waals surface area contributed by atoms with Crippen molar-refractivity contribution in [2.24, 2.45) is 0 Å². The maximum absolute atomic E-state index is 5.97. The summed E-state index contributed by atoms with van der Waals surface area (Å²) >= 11 is 5.97. The first-order valence-electron chi connectivity index (χ1n) is 4.84. The van der Waals surface area contributed by atoms with Gasteiger partial charge in [0, 0.05) is 11.2 Å². The lowest BCUT2D eigenvalue weighted by molar-refractivity contribution is 0.502. The minimum Gasteiger partial charge on any atom is -0.398 e. The number of benzene rings is 1. The van der Waals surface area contributed by atoms with Crippen LogP contribution < -0.4 is 11.1 Å². The molecule has 0 radical (unpaired) electrons. The summed E-state index contributed by atoms with van der Waals surface area (Å²) in [6, 6.07) is 3.90. The lowest BCUT2D eigenvalue weighted by Gasteiger charge is -2.34. The van der Waals surface area contributed by atoms with E-state index in [1.165, 1.54) is 5.56 Å². The highest BCUT2D eigenvalue weighted by Gasteiger charge is 2.24. The van der Waals surface area contributed by atoms with Gasteiger partial charge in [-0.05, 0) is 44.4 Å². The number of fused-ring (bicyclic) bond motifs is 1. The Bertz CT molecular complexity index is 372. The van der Waals surface area contributed by atoms with Crippen molar-refractivity contribution in [3.63, 3.8) is 0 Å². The van der Waals surface area contributed by atoms with E-state index in [1.54, 1.807) is 0 Å². The Balaban J connectivity index is 2.43. The van der Waals surface area contributed by atoms with Gasteiger partial charge >= 0.3 is 0 Å². The molecule has 0 fully saturated rings. The summed E-state index contributed by atoms with van der Waals surface area (Å²) < 4.78 is 0. The molecular weight excluding hydrogens is 196 g/mol. The van der Waals surface area contributed by atoms with Crippen molar-refractivity contribution >= 4 is 23.0 Å². The Morgan fingerprint density at radius 3 is 2.86 bits per heavy atom. The molecule has 0 saturated carbocycles. The summed E-state index contributed by atoms with van der Waals surface area (Å²) in [5, 5.41) is 4.10. The molecule has 2 rings (SSSR count). The van der Waals surface area contributed by atoms with Crippen LogP contribution in [-0.4, -0.2) is 5.54 Å². The number of hydrogen-bond acceptors (Lipinski definition) is 2. The fraction of sp³-hybridized carbons (Fsp3) is 0.455. The molecule has 0 aliphatic carbocycles. The molecule has 76 valence electrons. The molecule has 0 spiro atoms. The van der Waals surface area contributed by atoms with Gasteiger partial charge in [-0.1, -0.05) is 11.6 Å². The molecule has 1 aliphatic heterocycles. The zero-order chi connectivity index (χ0) is 10.3. The average Bonchev–Trinajstić information content (AvgIpc) is 2.07. The highest BCUT2D eigenvalue weighted by Crippen LogP contribution is 2.34. The monoisotopic (exact) mass is 210 g/mol. The molecule has 0 amide bonds. The van der Waals surface area contributed by atoms with E-state index in [0.717, 1.165) is 18.5 Å². The van der Waals surface area contributed by atoms with Crippen molar-refractivity contribution in [1.82, 2.24) is 0 Å². The first-order chi connectivity index (χ1) is 6.48. The summed E-state index contributed by atoms with van der Waals surface area (Å²) in [5.41, 5.74) is 8.98. The molecule has 0 saturated heterocycles. The van der Waals surface area contributed by atoms with E-state index in [1.807, 2.05) is 12.1 Å². The minimum atomic E-state index is 0.159. The van der Waals surface area contributed by atoms with Gasteiger partial charge in [0.1, 0.15) is 0 Å². The van der Waals surface area contributed by atoms with Gasteiger partial charge in [0.25, 0.3) is 0 Å². The van der Waals surface area contributed by atoms with Gasteiger partial charge in [-0.25, -0.2) is 0 Å². The molecule has 1 aliphatic rings. The number of aryl methyl sites for hydroxylation is 1. The van der Waals surface area contributed by atoms with E-state index in [2.05, 4.69) is 19.2 Å². The highest BCUT2D eigenvalue weighted by atomic mass is 35.5. The summed E-state index contributed by atoms with van der Waals surface area (Å²) in [7, 11) is 0. The molecule has 0 bridgehead atoms. The van der Waals surface area contributed by atoms with E-state index >= 15 is 0 Å². The van der Waals surface area contributed by atoms with Crippen molar-refractivity contribution in [2.75, 3.05) is 11.1 Å². The second-order valence-corrected chi connectivity index (χ2v) is 4.95. The predicted molar refractivity (Wildman–Crippen MR) is 61.9 cm³/mol. The van der Waals surface area contributed by atoms with Gasteiger partial charge in [0.05, 0.1) is 10.7 Å². The van der Waals surface area contributed by atoms with Crippen LogP contribution in [0.4, 0.5) is 11.4 Å². The SMILES string of the molecule is CC1(C)CCc2cc(N)c(Cl)cc2N1. The lowest BCUT2D eigenvalue weighted by atomic mass is 9.89. The third kappa shape index (κ3) is 1.67. The molecule has 1 aromatic carbocycles. The molecule has 3 heteroatoms. The zero-order valence-corrected chi connectivity index (χ0v) is 9.28. The van der Waals surface area contributed by atoms with Crippen molar-refractivity contribution in [2.45, 2.75) is 32.2 Å². The van der Waals surface area contributed by atoms with E-state index in [9.17, 15) is 0 Å². The third-order valence-electron chi connectivity index (χ3n) is 2.71. The summed E-state index contributed by atoms with van der Waals surface area (Å²) in [6.07, 6.45) is 2.19. The van der Waals surface area contributed by atoms with Crippen LogP contribution in [0.5, 0.6) is 0 Å². The van der Waals surface area contributed by atoms with Crippen LogP contribution in [0.25, 0.3) is 0 Å². The van der Waals surface area contributed by atoms with Crippen molar-refractivity contribution < 1.29 is 0 Å². The number of nitrogen functional groups attached to an aromatic ring is 1. The topological polar surface area (TPSA) is 38.0 Å². The highest BCUT2D eigenvalue weighted by molar-refractivity contribution is 6.33. The summed E-state index contributed by atoms with van der Waals surface area (Å²) in [4.78, 5) is 0. The van der Waals surface area contributed by atoms with Crippen LogP contribution in [-0.2, 0) is 6.42 Å². The number of nitrogens with two attached hydrogens (primary N) is 1. The van der Waals surface area contributed by atoms with E-state index in [4.69, 9.17) is 17.3 Å². The number of anilines is 2. The van der Waals surface area contributed by atoms with Gasteiger partial charge < -0.3 is 11.1 Å². The quantitative estimate of drug-likeness (QED) is 0.646. The Labute approximate surface area is 89.4 Å². The zero-order valence-electron chi connectivity index (χ0n) is 8.52. The van der Waals surface area contributed by atoms with E-state index in [0.29, 0.717) is 10.7 Å². The first kappa shape index (κ1) is 9.66. The maximum atomic E-state index is 5.97. The first-order valence-corrected chi connectivity index (χ1v) is 5.22. The molecule has 1 heterocycles. The Hall–Kier alpha value is -0.890. The van der Waals surface area contributed by atoms with E-state index < -0.39 is 0 Å². The van der Waals surface area contributed by atoms with Crippen LogP contribution in [0.3, 0.4) is 0 Å². The number of hydrogen-bond donors (Lipinski definition) is 2. The second kappa shape index (κ2) is 3.06. The second-order valence-electron chi connectivity index (χ2n) is 4.54. The van der Waals surface area contributed by atoms with Gasteiger partial charge in [0.2, 0.25) is 0 Å². The van der Waals surface area contributed by atoms with E-state index in [-0.39, 0.29) is 5.54 Å². The van der Waals surface area contributed by atoms with Crippen molar-refractivity contribution in [1.29, 1.82) is 0 Å². The number of nitrogens with one attached hydrogen (secondary N) is 1. The number of halogens is 1. The molecule has 3 N–H and O–H groups in total. The fourth-order valence-corrected chi connectivity index (χ4v) is 2.00. The Morgan fingerprint density at radius 1 is 1.43 bits per heavy atom. The fourth-order valence-electron chi connectivity index (χ4n) is 1.83. The van der Waals surface area contributed by atoms with Gasteiger partial charge in [-0.15, -0.1) is 0 Å². The maximum Gasteiger partial charge on any atom is 0.0656 e. The minimum absolute atomic E-state index is 0.159. The van der Waals surface area contributed by atoms with Gasteiger partial charge in [-0.3, -0.25) is 0 Å². The lowest BCUT2D eigenvalue weighted by Crippen LogP contribution is -2.35. The van der Waals surface area contributed by atoms with Crippen LogP contribution in [0.2, 0.25) is 5.02 Å². The molecule has 2 nitrogen and oxygen atoms in total. The van der Waals surface area contributed by atoms with Crippen molar-refractivity contribution in [3.05, 3.63) is 22.7 Å². The third-order valence-corrected chi connectivity index (χ3v) is 3.04.